The molecule has 92 valence electrons. The molecule has 0 aromatic heterocycles. The molecule has 1 unspecified atom stereocenters. The molecule has 3 N–H and O–H groups in total. The smallest absolute Gasteiger partial charge is 0.244 e. The van der Waals surface area contributed by atoms with E-state index >= 15 is 0 Å². The van der Waals surface area contributed by atoms with Crippen LogP contribution in [0.3, 0.4) is 0 Å². The highest BCUT2D eigenvalue weighted by molar-refractivity contribution is 5.84. The van der Waals surface area contributed by atoms with E-state index in [0.29, 0.717) is 12.0 Å². The Morgan fingerprint density at radius 3 is 2.69 bits per heavy atom. The number of amides is 1. The van der Waals surface area contributed by atoms with Crippen LogP contribution in [0.2, 0.25) is 0 Å². The largest absolute Gasteiger partial charge is 0.370 e. The number of carbonyl (C=O) groups is 1. The number of hydrogen-bond acceptors (Lipinski definition) is 2. The quantitative estimate of drug-likeness (QED) is 0.535. The number of nitrogens with two attached hydrogens (primary N) is 1. The first-order valence-electron chi connectivity index (χ1n) is 5.97. The third-order valence-corrected chi connectivity index (χ3v) is 2.85. The lowest BCUT2D eigenvalue weighted by molar-refractivity contribution is -0.128. The maximum absolute atomic E-state index is 11.6. The molecule has 16 heavy (non-hydrogen) atoms. The van der Waals surface area contributed by atoms with Crippen LogP contribution in [0.4, 0.5) is 0 Å². The van der Waals surface area contributed by atoms with Gasteiger partial charge in [0.15, 0.2) is 5.96 Å². The minimum Gasteiger partial charge on any atom is -0.370 e. The van der Waals surface area contributed by atoms with Gasteiger partial charge in [-0.05, 0) is 26.2 Å². The van der Waals surface area contributed by atoms with Crippen LogP contribution in [0.15, 0.2) is 4.99 Å². The minimum atomic E-state index is 0.0754. The summed E-state index contributed by atoms with van der Waals surface area (Å²) in [6, 6.07) is 0.297. The normalized spacial score (nSPS) is 18.6. The minimum absolute atomic E-state index is 0.0754. The fourth-order valence-electron chi connectivity index (χ4n) is 1.62. The van der Waals surface area contributed by atoms with E-state index in [9.17, 15) is 4.79 Å². The van der Waals surface area contributed by atoms with Crippen LogP contribution in [0.25, 0.3) is 0 Å². The Morgan fingerprint density at radius 1 is 1.50 bits per heavy atom. The summed E-state index contributed by atoms with van der Waals surface area (Å²) in [5.41, 5.74) is 5.67. The first-order chi connectivity index (χ1) is 7.63. The van der Waals surface area contributed by atoms with E-state index in [1.165, 1.54) is 0 Å². The molecule has 1 heterocycles. The van der Waals surface area contributed by atoms with E-state index in [1.54, 1.807) is 0 Å². The van der Waals surface area contributed by atoms with E-state index in [4.69, 9.17) is 5.73 Å². The van der Waals surface area contributed by atoms with E-state index in [2.05, 4.69) is 17.2 Å². The van der Waals surface area contributed by atoms with Crippen molar-refractivity contribution >= 4 is 11.9 Å². The molecule has 0 radical (unpaired) electrons. The lowest BCUT2D eigenvalue weighted by atomic mass is 10.3. The fraction of sp³-hybridized carbons (Fsp3) is 0.818. The van der Waals surface area contributed by atoms with Crippen molar-refractivity contribution in [3.05, 3.63) is 0 Å². The Kier molecular flexibility index (Phi) is 5.08. The van der Waals surface area contributed by atoms with Crippen molar-refractivity contribution in [1.82, 2.24) is 10.2 Å². The highest BCUT2D eigenvalue weighted by atomic mass is 16.2. The van der Waals surface area contributed by atoms with Crippen LogP contribution in [0.1, 0.15) is 33.1 Å². The molecule has 0 bridgehead atoms. The van der Waals surface area contributed by atoms with Gasteiger partial charge >= 0.3 is 0 Å². The van der Waals surface area contributed by atoms with E-state index in [0.717, 1.165) is 32.4 Å². The summed E-state index contributed by atoms with van der Waals surface area (Å²) < 4.78 is 0. The second kappa shape index (κ2) is 6.35. The highest BCUT2D eigenvalue weighted by Crippen LogP contribution is 2.07. The number of guanidine groups is 1. The Labute approximate surface area is 97.1 Å². The molecule has 0 saturated carbocycles. The monoisotopic (exact) mass is 226 g/mol. The number of nitrogens with one attached hydrogen (secondary N) is 1. The van der Waals surface area contributed by atoms with Gasteiger partial charge in [-0.25, -0.2) is 4.99 Å². The van der Waals surface area contributed by atoms with E-state index in [1.807, 2.05) is 11.8 Å². The molecule has 0 aromatic carbocycles. The van der Waals surface area contributed by atoms with Crippen molar-refractivity contribution in [2.24, 2.45) is 10.7 Å². The van der Waals surface area contributed by atoms with Crippen molar-refractivity contribution in [3.8, 4) is 0 Å². The predicted molar refractivity (Wildman–Crippen MR) is 65.2 cm³/mol. The number of nitrogens with zero attached hydrogens (tertiary/aromatic N) is 2. The van der Waals surface area contributed by atoms with Crippen molar-refractivity contribution in [2.45, 2.75) is 39.2 Å². The van der Waals surface area contributed by atoms with Crippen LogP contribution in [0.5, 0.6) is 0 Å². The molecule has 1 aliphatic heterocycles. The molecule has 0 spiro atoms. The maximum Gasteiger partial charge on any atom is 0.244 e. The zero-order chi connectivity index (χ0) is 12.0. The Bertz CT molecular complexity index is 259. The second-order valence-electron chi connectivity index (χ2n) is 4.24. The van der Waals surface area contributed by atoms with Crippen LogP contribution < -0.4 is 11.1 Å². The third-order valence-electron chi connectivity index (χ3n) is 2.85. The van der Waals surface area contributed by atoms with Crippen LogP contribution in [0, 0.1) is 0 Å². The molecule has 1 rings (SSSR count). The molecular weight excluding hydrogens is 204 g/mol. The molecule has 0 aliphatic carbocycles. The molecule has 1 atom stereocenters. The zero-order valence-corrected chi connectivity index (χ0v) is 10.2. The lowest BCUT2D eigenvalue weighted by Gasteiger charge is -2.15. The summed E-state index contributed by atoms with van der Waals surface area (Å²) in [7, 11) is 0. The summed E-state index contributed by atoms with van der Waals surface area (Å²) in [6.07, 6.45) is 3.20. The summed E-state index contributed by atoms with van der Waals surface area (Å²) in [4.78, 5) is 17.5. The third kappa shape index (κ3) is 4.08. The molecule has 1 amide bonds. The van der Waals surface area contributed by atoms with Crippen LogP contribution in [-0.2, 0) is 4.79 Å². The summed E-state index contributed by atoms with van der Waals surface area (Å²) in [5, 5.41) is 3.03. The first-order valence-corrected chi connectivity index (χ1v) is 5.97. The lowest BCUT2D eigenvalue weighted by Crippen LogP contribution is -2.39. The molecule has 1 aliphatic rings. The number of hydrogen-bond donors (Lipinski definition) is 2. The zero-order valence-electron chi connectivity index (χ0n) is 10.2. The molecular formula is C11H22N4O. The molecule has 5 nitrogen and oxygen atoms in total. The second-order valence-corrected chi connectivity index (χ2v) is 4.24. The SMILES string of the molecule is CCC(C)NC(N)=NCC(=O)N1CCCC1. The Balaban J connectivity index is 2.30. The topological polar surface area (TPSA) is 70.7 Å². The molecule has 1 saturated heterocycles. The maximum atomic E-state index is 11.6. The number of likely N-dealkylation sites (tertiary alicyclic amines) is 1. The van der Waals surface area contributed by atoms with Gasteiger partial charge in [-0.15, -0.1) is 0 Å². The first kappa shape index (κ1) is 12.8. The van der Waals surface area contributed by atoms with E-state index < -0.39 is 0 Å². The van der Waals surface area contributed by atoms with Gasteiger partial charge in [0.25, 0.3) is 0 Å². The summed E-state index contributed by atoms with van der Waals surface area (Å²) in [5.74, 6) is 0.438. The summed E-state index contributed by atoms with van der Waals surface area (Å²) in [6.45, 7) is 6.00. The van der Waals surface area contributed by atoms with Gasteiger partial charge < -0.3 is 16.0 Å². The average molecular weight is 226 g/mol. The fourth-order valence-corrected chi connectivity index (χ4v) is 1.62. The molecule has 0 aromatic rings. The van der Waals surface area contributed by atoms with Gasteiger partial charge in [-0.1, -0.05) is 6.92 Å². The van der Waals surface area contributed by atoms with Crippen molar-refractivity contribution in [3.63, 3.8) is 0 Å². The molecule has 5 heteroatoms. The Morgan fingerprint density at radius 2 is 2.12 bits per heavy atom. The van der Waals surface area contributed by atoms with Crippen LogP contribution >= 0.6 is 0 Å². The van der Waals surface area contributed by atoms with Crippen LogP contribution in [-0.4, -0.2) is 42.4 Å². The summed E-state index contributed by atoms with van der Waals surface area (Å²) >= 11 is 0. The standard InChI is InChI=1S/C11H22N4O/c1-3-9(2)14-11(12)13-8-10(16)15-6-4-5-7-15/h9H,3-8H2,1-2H3,(H3,12,13,14). The number of rotatable bonds is 4. The van der Waals surface area contributed by atoms with Gasteiger partial charge in [0, 0.05) is 19.1 Å². The van der Waals surface area contributed by atoms with Crippen molar-refractivity contribution in [1.29, 1.82) is 0 Å². The van der Waals surface area contributed by atoms with Crippen molar-refractivity contribution < 1.29 is 4.79 Å². The van der Waals surface area contributed by atoms with Gasteiger partial charge in [0.1, 0.15) is 6.54 Å². The van der Waals surface area contributed by atoms with Crippen molar-refractivity contribution in [2.75, 3.05) is 19.6 Å². The Hall–Kier alpha value is -1.26. The number of aliphatic imine (C=N–C) groups is 1. The van der Waals surface area contributed by atoms with Gasteiger partial charge in [0.05, 0.1) is 0 Å². The van der Waals surface area contributed by atoms with E-state index in [-0.39, 0.29) is 12.5 Å². The number of carbonyl (C=O) groups excluding carboxylic acids is 1. The predicted octanol–water partition coefficient (Wildman–Crippen LogP) is 0.312. The van der Waals surface area contributed by atoms with Gasteiger partial charge in [-0.3, -0.25) is 4.79 Å². The van der Waals surface area contributed by atoms with Gasteiger partial charge in [0.2, 0.25) is 5.91 Å². The molecule has 1 fully saturated rings. The highest BCUT2D eigenvalue weighted by Gasteiger charge is 2.17. The average Bonchev–Trinajstić information content (AvgIpc) is 2.79. The van der Waals surface area contributed by atoms with Gasteiger partial charge in [-0.2, -0.15) is 0 Å².